The quantitative estimate of drug-likeness (QED) is 0.629. The number of hydrogen-bond donors (Lipinski definition) is 1. The van der Waals surface area contributed by atoms with Crippen LogP contribution in [0.1, 0.15) is 37.8 Å². The van der Waals surface area contributed by atoms with Crippen LogP contribution in [0, 0.1) is 5.92 Å². The first kappa shape index (κ1) is 19.4. The van der Waals surface area contributed by atoms with Gasteiger partial charge in [0.05, 0.1) is 12.1 Å². The summed E-state index contributed by atoms with van der Waals surface area (Å²) in [5, 5.41) is 16.6. The van der Waals surface area contributed by atoms with Crippen molar-refractivity contribution in [1.29, 1.82) is 0 Å². The van der Waals surface area contributed by atoms with Gasteiger partial charge in [0.1, 0.15) is 0 Å². The van der Waals surface area contributed by atoms with Crippen LogP contribution in [0.15, 0.2) is 6.20 Å². The predicted molar refractivity (Wildman–Crippen MR) is 93.1 cm³/mol. The van der Waals surface area contributed by atoms with Crippen molar-refractivity contribution in [2.45, 2.75) is 45.1 Å². The largest absolute Gasteiger partial charge is 0.481 e. The molecule has 1 saturated heterocycles. The van der Waals surface area contributed by atoms with Crippen molar-refractivity contribution < 1.29 is 14.7 Å². The molecule has 1 aromatic rings. The molecule has 2 rings (SSSR count). The Balaban J connectivity index is 1.67. The van der Waals surface area contributed by atoms with Gasteiger partial charge in [-0.15, -0.1) is 5.10 Å². The second kappa shape index (κ2) is 9.50. The van der Waals surface area contributed by atoms with Crippen molar-refractivity contribution in [1.82, 2.24) is 24.8 Å². The molecule has 2 heterocycles. The molecule has 1 unspecified atom stereocenters. The molecule has 1 amide bonds. The van der Waals surface area contributed by atoms with E-state index in [9.17, 15) is 9.59 Å². The van der Waals surface area contributed by atoms with E-state index in [1.54, 1.807) is 10.9 Å². The van der Waals surface area contributed by atoms with Crippen LogP contribution in [-0.4, -0.2) is 75.5 Å². The number of aliphatic carboxylic acids is 1. The number of unbranched alkanes of at least 4 members (excludes halogenated alkanes) is 2. The van der Waals surface area contributed by atoms with E-state index in [0.29, 0.717) is 24.6 Å². The van der Waals surface area contributed by atoms with Crippen molar-refractivity contribution in [3.63, 3.8) is 0 Å². The fraction of sp³-hybridized carbons (Fsp3) is 0.765. The minimum Gasteiger partial charge on any atom is -0.481 e. The topological polar surface area (TPSA) is 91.6 Å². The molecule has 1 aliphatic heterocycles. The maximum atomic E-state index is 12.3. The summed E-state index contributed by atoms with van der Waals surface area (Å²) in [6.45, 7) is 3.31. The lowest BCUT2D eigenvalue weighted by Crippen LogP contribution is -2.29. The first-order valence-electron chi connectivity index (χ1n) is 8.97. The summed E-state index contributed by atoms with van der Waals surface area (Å²) in [4.78, 5) is 27.1. The second-order valence-electron chi connectivity index (χ2n) is 7.11. The maximum absolute atomic E-state index is 12.3. The minimum absolute atomic E-state index is 0.108. The van der Waals surface area contributed by atoms with Crippen LogP contribution >= 0.6 is 0 Å². The summed E-state index contributed by atoms with van der Waals surface area (Å²) in [6, 6.07) is 0. The molecule has 0 aromatic carbocycles. The number of rotatable bonds is 10. The molecule has 140 valence electrons. The number of carboxylic acids is 1. The molecule has 8 heteroatoms. The highest BCUT2D eigenvalue weighted by molar-refractivity contribution is 5.76. The normalized spacial score (nSPS) is 17.4. The van der Waals surface area contributed by atoms with E-state index in [1.165, 1.54) is 0 Å². The Morgan fingerprint density at radius 1 is 1.32 bits per heavy atom. The Kier molecular flexibility index (Phi) is 7.36. The van der Waals surface area contributed by atoms with Gasteiger partial charge in [-0.1, -0.05) is 11.6 Å². The summed E-state index contributed by atoms with van der Waals surface area (Å²) in [6.07, 6.45) is 6.34. The standard InChI is InChI=1S/C17H29N5O3/c1-20(2)8-5-3-4-6-16(23)21-9-7-14(11-21)12-22-13-15(18-19-22)10-17(24)25/h13-14H,3-12H2,1-2H3,(H,24,25). The molecular weight excluding hydrogens is 322 g/mol. The molecule has 1 atom stereocenters. The van der Waals surface area contributed by atoms with Gasteiger partial charge in [-0.3, -0.25) is 14.3 Å². The molecule has 0 aliphatic carbocycles. The third-order valence-electron chi connectivity index (χ3n) is 4.50. The van der Waals surface area contributed by atoms with E-state index in [2.05, 4.69) is 29.3 Å². The Hall–Kier alpha value is -1.96. The van der Waals surface area contributed by atoms with Gasteiger partial charge in [-0.25, -0.2) is 0 Å². The van der Waals surface area contributed by atoms with Crippen molar-refractivity contribution in [3.8, 4) is 0 Å². The molecule has 1 fully saturated rings. The molecule has 0 bridgehead atoms. The van der Waals surface area contributed by atoms with Gasteiger partial charge in [0.2, 0.25) is 5.91 Å². The smallest absolute Gasteiger partial charge is 0.309 e. The predicted octanol–water partition coefficient (Wildman–Crippen LogP) is 0.876. The molecule has 0 spiro atoms. The summed E-state index contributed by atoms with van der Waals surface area (Å²) in [5.41, 5.74) is 0.469. The second-order valence-corrected chi connectivity index (χ2v) is 7.11. The fourth-order valence-corrected chi connectivity index (χ4v) is 3.18. The highest BCUT2D eigenvalue weighted by Gasteiger charge is 2.26. The van der Waals surface area contributed by atoms with Gasteiger partial charge in [-0.05, 0) is 45.8 Å². The Bertz CT molecular complexity index is 572. The Morgan fingerprint density at radius 3 is 2.84 bits per heavy atom. The lowest BCUT2D eigenvalue weighted by Gasteiger charge is -2.16. The van der Waals surface area contributed by atoms with E-state index >= 15 is 0 Å². The lowest BCUT2D eigenvalue weighted by atomic mass is 10.1. The summed E-state index contributed by atoms with van der Waals surface area (Å²) >= 11 is 0. The fourth-order valence-electron chi connectivity index (χ4n) is 3.18. The van der Waals surface area contributed by atoms with E-state index in [1.807, 2.05) is 4.90 Å². The van der Waals surface area contributed by atoms with Crippen molar-refractivity contribution in [2.24, 2.45) is 5.92 Å². The monoisotopic (exact) mass is 351 g/mol. The summed E-state index contributed by atoms with van der Waals surface area (Å²) < 4.78 is 1.69. The minimum atomic E-state index is -0.907. The molecule has 25 heavy (non-hydrogen) atoms. The number of likely N-dealkylation sites (tertiary alicyclic amines) is 1. The van der Waals surface area contributed by atoms with E-state index < -0.39 is 5.97 Å². The van der Waals surface area contributed by atoms with Crippen LogP contribution in [0.5, 0.6) is 0 Å². The average molecular weight is 351 g/mol. The first-order valence-corrected chi connectivity index (χ1v) is 8.97. The van der Waals surface area contributed by atoms with E-state index in [4.69, 9.17) is 5.11 Å². The van der Waals surface area contributed by atoms with Gasteiger partial charge in [-0.2, -0.15) is 0 Å². The Morgan fingerprint density at radius 2 is 2.12 bits per heavy atom. The average Bonchev–Trinajstić information content (AvgIpc) is 3.16. The molecule has 1 aromatic heterocycles. The molecule has 1 N–H and O–H groups in total. The van der Waals surface area contributed by atoms with Crippen molar-refractivity contribution in [3.05, 3.63) is 11.9 Å². The maximum Gasteiger partial charge on any atom is 0.309 e. The van der Waals surface area contributed by atoms with Gasteiger partial charge in [0.15, 0.2) is 0 Å². The SMILES string of the molecule is CN(C)CCCCCC(=O)N1CCC(Cn2cc(CC(=O)O)nn2)C1. The van der Waals surface area contributed by atoms with E-state index in [-0.39, 0.29) is 12.3 Å². The number of carboxylic acid groups (broad SMARTS) is 1. The molecule has 0 radical (unpaired) electrons. The zero-order valence-electron chi connectivity index (χ0n) is 15.2. The third-order valence-corrected chi connectivity index (χ3v) is 4.50. The molecule has 1 aliphatic rings. The van der Waals surface area contributed by atoms with Crippen molar-refractivity contribution >= 4 is 11.9 Å². The van der Waals surface area contributed by atoms with Crippen LogP contribution < -0.4 is 0 Å². The summed E-state index contributed by atoms with van der Waals surface area (Å²) in [7, 11) is 4.13. The molecule has 0 saturated carbocycles. The number of carbonyl (C=O) groups excluding carboxylic acids is 1. The zero-order valence-corrected chi connectivity index (χ0v) is 15.2. The highest BCUT2D eigenvalue weighted by Crippen LogP contribution is 2.19. The summed E-state index contributed by atoms with van der Waals surface area (Å²) in [5.74, 6) is -0.301. The van der Waals surface area contributed by atoms with E-state index in [0.717, 1.165) is 45.3 Å². The Labute approximate surface area is 148 Å². The van der Waals surface area contributed by atoms with Gasteiger partial charge < -0.3 is 14.9 Å². The van der Waals surface area contributed by atoms with Crippen LogP contribution in [-0.2, 0) is 22.6 Å². The first-order chi connectivity index (χ1) is 11.9. The number of nitrogens with zero attached hydrogens (tertiary/aromatic N) is 5. The highest BCUT2D eigenvalue weighted by atomic mass is 16.4. The van der Waals surface area contributed by atoms with Crippen LogP contribution in [0.2, 0.25) is 0 Å². The third kappa shape index (κ3) is 6.81. The number of amides is 1. The molecular formula is C17H29N5O3. The molecule has 8 nitrogen and oxygen atoms in total. The van der Waals surface area contributed by atoms with Gasteiger partial charge in [0.25, 0.3) is 0 Å². The van der Waals surface area contributed by atoms with Gasteiger partial charge >= 0.3 is 5.97 Å². The lowest BCUT2D eigenvalue weighted by molar-refractivity contribution is -0.136. The number of carbonyl (C=O) groups is 2. The number of aromatic nitrogens is 3. The van der Waals surface area contributed by atoms with Crippen LogP contribution in [0.3, 0.4) is 0 Å². The van der Waals surface area contributed by atoms with Crippen LogP contribution in [0.4, 0.5) is 0 Å². The van der Waals surface area contributed by atoms with Gasteiger partial charge in [0, 0.05) is 32.3 Å². The van der Waals surface area contributed by atoms with Crippen LogP contribution in [0.25, 0.3) is 0 Å². The zero-order chi connectivity index (χ0) is 18.2. The number of hydrogen-bond acceptors (Lipinski definition) is 5. The van der Waals surface area contributed by atoms with Crippen molar-refractivity contribution in [2.75, 3.05) is 33.7 Å².